The van der Waals surface area contributed by atoms with E-state index in [9.17, 15) is 4.79 Å². The molecule has 0 unspecified atom stereocenters. The molecule has 7 heteroatoms. The number of benzene rings is 1. The van der Waals surface area contributed by atoms with Crippen LogP contribution in [0.3, 0.4) is 0 Å². The van der Waals surface area contributed by atoms with Crippen molar-refractivity contribution in [3.05, 3.63) is 35.7 Å². The van der Waals surface area contributed by atoms with Crippen molar-refractivity contribution in [3.8, 4) is 11.5 Å². The summed E-state index contributed by atoms with van der Waals surface area (Å²) in [5.41, 5.74) is 1.41. The third-order valence-electron chi connectivity index (χ3n) is 4.14. The third-order valence-corrected chi connectivity index (χ3v) is 4.14. The average molecular weight is 331 g/mol. The quantitative estimate of drug-likeness (QED) is 0.929. The van der Waals surface area contributed by atoms with Crippen LogP contribution < -0.4 is 14.8 Å². The van der Waals surface area contributed by atoms with Crippen LogP contribution in [0.15, 0.2) is 28.8 Å². The first-order valence-electron chi connectivity index (χ1n) is 7.85. The van der Waals surface area contributed by atoms with Gasteiger partial charge in [0.2, 0.25) is 0 Å². The number of methoxy groups -OCH3 is 2. The Balaban J connectivity index is 1.77. The highest BCUT2D eigenvalue weighted by atomic mass is 16.5. The minimum absolute atomic E-state index is 0.0876. The fraction of sp³-hybridized carbons (Fsp3) is 0.412. The highest BCUT2D eigenvalue weighted by Crippen LogP contribution is 2.34. The van der Waals surface area contributed by atoms with E-state index >= 15 is 0 Å². The maximum absolute atomic E-state index is 12.7. The lowest BCUT2D eigenvalue weighted by atomic mass is 10.1. The molecule has 1 atom stereocenters. The molecule has 2 aromatic rings. The van der Waals surface area contributed by atoms with Gasteiger partial charge in [-0.3, -0.25) is 0 Å². The monoisotopic (exact) mass is 331 g/mol. The number of aromatic nitrogens is 1. The first-order chi connectivity index (χ1) is 11.6. The molecule has 1 saturated heterocycles. The topological polar surface area (TPSA) is 76.8 Å². The molecule has 0 bridgehead atoms. The summed E-state index contributed by atoms with van der Waals surface area (Å²) in [6.45, 7) is 2.54. The fourth-order valence-electron chi connectivity index (χ4n) is 2.93. The van der Waals surface area contributed by atoms with Gasteiger partial charge in [0.25, 0.3) is 0 Å². The van der Waals surface area contributed by atoms with E-state index in [1.54, 1.807) is 37.3 Å². The fourth-order valence-corrected chi connectivity index (χ4v) is 2.93. The maximum Gasteiger partial charge on any atom is 0.322 e. The van der Waals surface area contributed by atoms with Crippen LogP contribution in [0.4, 0.5) is 10.5 Å². The number of hydrogen-bond acceptors (Lipinski definition) is 5. The van der Waals surface area contributed by atoms with E-state index in [-0.39, 0.29) is 12.1 Å². The smallest absolute Gasteiger partial charge is 0.322 e. The van der Waals surface area contributed by atoms with Gasteiger partial charge < -0.3 is 24.2 Å². The van der Waals surface area contributed by atoms with Crippen LogP contribution >= 0.6 is 0 Å². The van der Waals surface area contributed by atoms with Crippen LogP contribution in [0.1, 0.15) is 30.3 Å². The second kappa shape index (κ2) is 6.82. The van der Waals surface area contributed by atoms with Crippen LogP contribution in [0.2, 0.25) is 0 Å². The molecule has 0 spiro atoms. The minimum atomic E-state index is -0.185. The third kappa shape index (κ3) is 3.15. The van der Waals surface area contributed by atoms with E-state index in [1.165, 1.54) is 0 Å². The highest BCUT2D eigenvalue weighted by molar-refractivity contribution is 5.91. The number of urea groups is 1. The molecule has 1 fully saturated rings. The first kappa shape index (κ1) is 16.2. The van der Waals surface area contributed by atoms with Crippen LogP contribution in [-0.4, -0.2) is 36.9 Å². The first-order valence-corrected chi connectivity index (χ1v) is 7.85. The Labute approximate surface area is 140 Å². The summed E-state index contributed by atoms with van der Waals surface area (Å²) in [4.78, 5) is 14.5. The minimum Gasteiger partial charge on any atom is -0.497 e. The molecule has 1 aromatic heterocycles. The summed E-state index contributed by atoms with van der Waals surface area (Å²) in [5, 5.41) is 6.82. The molecule has 2 amide bonds. The molecule has 0 aliphatic carbocycles. The summed E-state index contributed by atoms with van der Waals surface area (Å²) in [6.07, 6.45) is 1.79. The Morgan fingerprint density at radius 1 is 1.33 bits per heavy atom. The standard InChI is InChI=1S/C17H21N3O4/c1-11-9-16(24-19-11)14-5-4-8-20(14)17(21)18-13-7-6-12(22-2)10-15(13)23-3/h6-7,9-10,14H,4-5,8H2,1-3H3,(H,18,21)/t14-/m1/s1. The number of hydrogen-bond donors (Lipinski definition) is 1. The molecule has 0 saturated carbocycles. The number of nitrogens with zero attached hydrogens (tertiary/aromatic N) is 2. The SMILES string of the molecule is COc1ccc(NC(=O)N2CCC[C@@H]2c2cc(C)no2)c(OC)c1. The Hall–Kier alpha value is -2.70. The number of likely N-dealkylation sites (tertiary alicyclic amines) is 1. The summed E-state index contributed by atoms with van der Waals surface area (Å²) < 4.78 is 15.8. The number of carbonyl (C=O) groups excluding carboxylic acids is 1. The predicted molar refractivity (Wildman–Crippen MR) is 88.5 cm³/mol. The Morgan fingerprint density at radius 3 is 2.83 bits per heavy atom. The lowest BCUT2D eigenvalue weighted by Gasteiger charge is -2.23. The zero-order chi connectivity index (χ0) is 17.1. The molecule has 128 valence electrons. The van der Waals surface area contributed by atoms with Gasteiger partial charge in [0.05, 0.1) is 31.6 Å². The lowest BCUT2D eigenvalue weighted by Crippen LogP contribution is -2.34. The van der Waals surface area contributed by atoms with Gasteiger partial charge in [0, 0.05) is 18.7 Å². The van der Waals surface area contributed by atoms with Crippen molar-refractivity contribution in [1.82, 2.24) is 10.1 Å². The summed E-state index contributed by atoms with van der Waals surface area (Å²) >= 11 is 0. The van der Waals surface area contributed by atoms with E-state index in [1.807, 2.05) is 13.0 Å². The number of carbonyl (C=O) groups is 1. The van der Waals surface area contributed by atoms with Gasteiger partial charge >= 0.3 is 6.03 Å². The van der Waals surface area contributed by atoms with Gasteiger partial charge in [0.1, 0.15) is 11.5 Å². The van der Waals surface area contributed by atoms with Crippen LogP contribution in [-0.2, 0) is 0 Å². The zero-order valence-electron chi connectivity index (χ0n) is 14.0. The molecule has 0 radical (unpaired) electrons. The Bertz CT molecular complexity index is 728. The van der Waals surface area contributed by atoms with Crippen molar-refractivity contribution in [1.29, 1.82) is 0 Å². The molecule has 1 N–H and O–H groups in total. The number of amides is 2. The van der Waals surface area contributed by atoms with Crippen molar-refractivity contribution in [3.63, 3.8) is 0 Å². The van der Waals surface area contributed by atoms with E-state index in [0.29, 0.717) is 23.7 Å². The van der Waals surface area contributed by atoms with E-state index in [0.717, 1.165) is 24.3 Å². The maximum atomic E-state index is 12.7. The van der Waals surface area contributed by atoms with Gasteiger partial charge in [-0.2, -0.15) is 0 Å². The number of nitrogens with one attached hydrogen (secondary N) is 1. The van der Waals surface area contributed by atoms with Crippen molar-refractivity contribution < 1.29 is 18.8 Å². The number of aryl methyl sites for hydroxylation is 1. The lowest BCUT2D eigenvalue weighted by molar-refractivity contribution is 0.195. The highest BCUT2D eigenvalue weighted by Gasteiger charge is 2.33. The Kier molecular flexibility index (Phi) is 4.59. The van der Waals surface area contributed by atoms with Crippen molar-refractivity contribution in [2.45, 2.75) is 25.8 Å². The molecule has 24 heavy (non-hydrogen) atoms. The van der Waals surface area contributed by atoms with Gasteiger partial charge in [-0.1, -0.05) is 5.16 Å². The summed E-state index contributed by atoms with van der Waals surface area (Å²) in [5.74, 6) is 1.94. The molecule has 1 aliphatic heterocycles. The molecule has 7 nitrogen and oxygen atoms in total. The van der Waals surface area contributed by atoms with Crippen molar-refractivity contribution in [2.24, 2.45) is 0 Å². The molecule has 2 heterocycles. The number of rotatable bonds is 4. The molecule has 1 aliphatic rings. The zero-order valence-corrected chi connectivity index (χ0v) is 14.0. The van der Waals surface area contributed by atoms with Gasteiger partial charge in [-0.15, -0.1) is 0 Å². The predicted octanol–water partition coefficient (Wildman–Crippen LogP) is 3.37. The molecular formula is C17H21N3O4. The molecular weight excluding hydrogens is 310 g/mol. The van der Waals surface area contributed by atoms with Gasteiger partial charge in [0.15, 0.2) is 5.76 Å². The summed E-state index contributed by atoms with van der Waals surface area (Å²) in [6, 6.07) is 6.88. The number of anilines is 1. The van der Waals surface area contributed by atoms with E-state index in [2.05, 4.69) is 10.5 Å². The second-order valence-corrected chi connectivity index (χ2v) is 5.72. The normalized spacial score (nSPS) is 17.0. The van der Waals surface area contributed by atoms with Gasteiger partial charge in [-0.25, -0.2) is 4.79 Å². The molecule has 3 rings (SSSR count). The van der Waals surface area contributed by atoms with E-state index < -0.39 is 0 Å². The number of ether oxygens (including phenoxy) is 2. The Morgan fingerprint density at radius 2 is 2.17 bits per heavy atom. The van der Waals surface area contributed by atoms with Crippen LogP contribution in [0.25, 0.3) is 0 Å². The average Bonchev–Trinajstić information content (AvgIpc) is 3.23. The molecule has 1 aromatic carbocycles. The van der Waals surface area contributed by atoms with Gasteiger partial charge in [-0.05, 0) is 31.9 Å². The van der Waals surface area contributed by atoms with Crippen molar-refractivity contribution >= 4 is 11.7 Å². The van der Waals surface area contributed by atoms with E-state index in [4.69, 9.17) is 14.0 Å². The summed E-state index contributed by atoms with van der Waals surface area (Å²) in [7, 11) is 3.14. The van der Waals surface area contributed by atoms with Crippen LogP contribution in [0, 0.1) is 6.92 Å². The van der Waals surface area contributed by atoms with Crippen LogP contribution in [0.5, 0.6) is 11.5 Å². The van der Waals surface area contributed by atoms with Crippen molar-refractivity contribution in [2.75, 3.05) is 26.1 Å². The second-order valence-electron chi connectivity index (χ2n) is 5.72. The largest absolute Gasteiger partial charge is 0.497 e.